The molecule has 0 aromatic heterocycles. The Labute approximate surface area is 113 Å². The number of likely N-dealkylation sites (N-methyl/N-ethyl adjacent to an activating group) is 1. The van der Waals surface area contributed by atoms with Gasteiger partial charge >= 0.3 is 0 Å². The number of hydrogen-bond acceptors (Lipinski definition) is 2. The number of halogens is 1. The molecule has 0 bridgehead atoms. The molecule has 0 aliphatic carbocycles. The molecule has 0 spiro atoms. The number of unbranched alkanes of at least 4 members (excludes halogenated alkanes) is 2. The van der Waals surface area contributed by atoms with E-state index in [1.165, 1.54) is 12.0 Å². The molecule has 0 heterocycles. The number of aliphatic hydroxyl groups excluding tert-OH is 1. The maximum absolute atomic E-state index is 8.69. The van der Waals surface area contributed by atoms with Crippen LogP contribution < -0.4 is 0 Å². The van der Waals surface area contributed by atoms with E-state index in [0.29, 0.717) is 6.61 Å². The van der Waals surface area contributed by atoms with E-state index < -0.39 is 0 Å². The Morgan fingerprint density at radius 3 is 2.41 bits per heavy atom. The third-order valence-electron chi connectivity index (χ3n) is 2.89. The summed E-state index contributed by atoms with van der Waals surface area (Å²) in [6.45, 7) is 2.54. The molecule has 0 atom stereocenters. The summed E-state index contributed by atoms with van der Waals surface area (Å²) < 4.78 is 1.14. The summed E-state index contributed by atoms with van der Waals surface area (Å²) in [5, 5.41) is 8.69. The van der Waals surface area contributed by atoms with E-state index in [-0.39, 0.29) is 0 Å². The molecule has 1 N–H and O–H groups in total. The fourth-order valence-corrected chi connectivity index (χ4v) is 2.02. The Bertz CT molecular complexity index is 300. The van der Waals surface area contributed by atoms with Gasteiger partial charge in [0.1, 0.15) is 0 Å². The Morgan fingerprint density at radius 2 is 1.76 bits per heavy atom. The highest BCUT2D eigenvalue weighted by atomic mass is 79.9. The summed E-state index contributed by atoms with van der Waals surface area (Å²) in [5.41, 5.74) is 1.38. The Balaban J connectivity index is 2.14. The van der Waals surface area contributed by atoms with Crippen molar-refractivity contribution < 1.29 is 5.11 Å². The first kappa shape index (κ1) is 14.7. The number of benzene rings is 1. The Hall–Kier alpha value is -0.380. The van der Waals surface area contributed by atoms with Gasteiger partial charge in [-0.3, -0.25) is 0 Å². The molecule has 0 aliphatic rings. The van der Waals surface area contributed by atoms with Gasteiger partial charge in [-0.15, -0.1) is 0 Å². The zero-order chi connectivity index (χ0) is 12.5. The summed E-state index contributed by atoms with van der Waals surface area (Å²) in [6, 6.07) is 8.53. The molecule has 3 heteroatoms. The molecule has 0 fully saturated rings. The van der Waals surface area contributed by atoms with Gasteiger partial charge in [-0.05, 0) is 57.0 Å². The average molecular weight is 300 g/mol. The van der Waals surface area contributed by atoms with Crippen molar-refractivity contribution in [2.45, 2.75) is 25.7 Å². The molecule has 1 aromatic rings. The van der Waals surface area contributed by atoms with Crippen molar-refractivity contribution in [3.05, 3.63) is 34.3 Å². The summed E-state index contributed by atoms with van der Waals surface area (Å²) in [5.74, 6) is 0. The van der Waals surface area contributed by atoms with Gasteiger partial charge in [0.2, 0.25) is 0 Å². The molecular formula is C14H22BrNO. The van der Waals surface area contributed by atoms with Gasteiger partial charge in [0.15, 0.2) is 0 Å². The quantitative estimate of drug-likeness (QED) is 0.746. The van der Waals surface area contributed by atoms with Crippen molar-refractivity contribution in [1.82, 2.24) is 4.90 Å². The third kappa shape index (κ3) is 6.81. The lowest BCUT2D eigenvalue weighted by molar-refractivity contribution is 0.273. The smallest absolute Gasteiger partial charge is 0.0431 e. The van der Waals surface area contributed by atoms with E-state index in [9.17, 15) is 0 Å². The summed E-state index contributed by atoms with van der Waals surface area (Å²) in [7, 11) is 2.16. The van der Waals surface area contributed by atoms with Crippen molar-refractivity contribution in [2.24, 2.45) is 0 Å². The van der Waals surface area contributed by atoms with Crippen LogP contribution in [0, 0.1) is 0 Å². The van der Waals surface area contributed by atoms with Gasteiger partial charge in [-0.1, -0.05) is 28.1 Å². The number of rotatable bonds is 8. The summed E-state index contributed by atoms with van der Waals surface area (Å²) in [4.78, 5) is 2.36. The van der Waals surface area contributed by atoms with E-state index in [2.05, 4.69) is 52.1 Å². The fourth-order valence-electron chi connectivity index (χ4n) is 1.75. The summed E-state index contributed by atoms with van der Waals surface area (Å²) >= 11 is 3.44. The second-order valence-corrected chi connectivity index (χ2v) is 5.38. The molecular weight excluding hydrogens is 278 g/mol. The molecule has 0 unspecified atom stereocenters. The first-order chi connectivity index (χ1) is 8.22. The lowest BCUT2D eigenvalue weighted by atomic mass is 10.1. The van der Waals surface area contributed by atoms with Crippen molar-refractivity contribution in [3.8, 4) is 0 Å². The first-order valence-electron chi connectivity index (χ1n) is 6.26. The molecule has 96 valence electrons. The van der Waals surface area contributed by atoms with Crippen molar-refractivity contribution in [3.63, 3.8) is 0 Å². The maximum Gasteiger partial charge on any atom is 0.0431 e. The molecule has 17 heavy (non-hydrogen) atoms. The minimum absolute atomic E-state index is 0.322. The molecule has 1 aromatic carbocycles. The van der Waals surface area contributed by atoms with Gasteiger partial charge < -0.3 is 10.0 Å². The van der Waals surface area contributed by atoms with Crippen LogP contribution in [0.3, 0.4) is 0 Å². The average Bonchev–Trinajstić information content (AvgIpc) is 2.34. The lowest BCUT2D eigenvalue weighted by Gasteiger charge is -2.16. The molecule has 1 rings (SSSR count). The van der Waals surface area contributed by atoms with Crippen LogP contribution in [0.5, 0.6) is 0 Å². The Kier molecular flexibility index (Phi) is 7.49. The van der Waals surface area contributed by atoms with Gasteiger partial charge in [0.05, 0.1) is 0 Å². The molecule has 2 nitrogen and oxygen atoms in total. The Morgan fingerprint density at radius 1 is 1.06 bits per heavy atom. The second kappa shape index (κ2) is 8.67. The largest absolute Gasteiger partial charge is 0.396 e. The van der Waals surface area contributed by atoms with Crippen LogP contribution in [0.15, 0.2) is 28.7 Å². The van der Waals surface area contributed by atoms with Crippen LogP contribution in [-0.2, 0) is 6.42 Å². The predicted octanol–water partition coefficient (Wildman–Crippen LogP) is 3.09. The van der Waals surface area contributed by atoms with Gasteiger partial charge in [0.25, 0.3) is 0 Å². The van der Waals surface area contributed by atoms with Crippen LogP contribution in [0.25, 0.3) is 0 Å². The molecule has 0 saturated heterocycles. The lowest BCUT2D eigenvalue weighted by Crippen LogP contribution is -2.22. The summed E-state index contributed by atoms with van der Waals surface area (Å²) in [6.07, 6.45) is 4.33. The van der Waals surface area contributed by atoms with E-state index >= 15 is 0 Å². The zero-order valence-corrected chi connectivity index (χ0v) is 12.1. The minimum atomic E-state index is 0.322. The topological polar surface area (TPSA) is 23.5 Å². The van der Waals surface area contributed by atoms with Crippen LogP contribution in [0.1, 0.15) is 24.8 Å². The minimum Gasteiger partial charge on any atom is -0.396 e. The number of aliphatic hydroxyl groups is 1. The van der Waals surface area contributed by atoms with Gasteiger partial charge in [-0.2, -0.15) is 0 Å². The molecule has 0 radical (unpaired) electrons. The fraction of sp³-hybridized carbons (Fsp3) is 0.571. The first-order valence-corrected chi connectivity index (χ1v) is 7.05. The van der Waals surface area contributed by atoms with Crippen molar-refractivity contribution in [1.29, 1.82) is 0 Å². The predicted molar refractivity (Wildman–Crippen MR) is 76.3 cm³/mol. The van der Waals surface area contributed by atoms with Crippen LogP contribution in [-0.4, -0.2) is 36.8 Å². The van der Waals surface area contributed by atoms with Crippen molar-refractivity contribution >= 4 is 15.9 Å². The monoisotopic (exact) mass is 299 g/mol. The SMILES string of the molecule is CN(CCCCCO)CCc1ccc(Br)cc1. The molecule has 0 saturated carbocycles. The van der Waals surface area contributed by atoms with E-state index in [1.54, 1.807) is 0 Å². The van der Waals surface area contributed by atoms with E-state index in [0.717, 1.165) is 36.8 Å². The standard InChI is InChI=1S/C14H22BrNO/c1-16(10-3-2-4-12-17)11-9-13-5-7-14(15)8-6-13/h5-8,17H,2-4,9-12H2,1H3. The van der Waals surface area contributed by atoms with Crippen molar-refractivity contribution in [2.75, 3.05) is 26.7 Å². The normalized spacial score (nSPS) is 11.1. The maximum atomic E-state index is 8.69. The van der Waals surface area contributed by atoms with Crippen LogP contribution in [0.4, 0.5) is 0 Å². The number of nitrogens with zero attached hydrogens (tertiary/aromatic N) is 1. The van der Waals surface area contributed by atoms with E-state index in [1.807, 2.05) is 0 Å². The van der Waals surface area contributed by atoms with Gasteiger partial charge in [0, 0.05) is 17.6 Å². The third-order valence-corrected chi connectivity index (χ3v) is 3.42. The second-order valence-electron chi connectivity index (χ2n) is 4.46. The van der Waals surface area contributed by atoms with Gasteiger partial charge in [-0.25, -0.2) is 0 Å². The number of hydrogen-bond donors (Lipinski definition) is 1. The highest BCUT2D eigenvalue weighted by Crippen LogP contribution is 2.11. The van der Waals surface area contributed by atoms with Crippen LogP contribution >= 0.6 is 15.9 Å². The molecule has 0 aliphatic heterocycles. The van der Waals surface area contributed by atoms with Crippen LogP contribution in [0.2, 0.25) is 0 Å². The molecule has 0 amide bonds. The highest BCUT2D eigenvalue weighted by Gasteiger charge is 1.99. The van der Waals surface area contributed by atoms with E-state index in [4.69, 9.17) is 5.11 Å². The highest BCUT2D eigenvalue weighted by molar-refractivity contribution is 9.10. The zero-order valence-electron chi connectivity index (χ0n) is 10.5.